The molecule has 0 bridgehead atoms. The molecule has 0 saturated carbocycles. The Morgan fingerprint density at radius 2 is 1.78 bits per heavy atom. The van der Waals surface area contributed by atoms with Crippen molar-refractivity contribution in [2.45, 2.75) is 18.9 Å². The molecule has 1 unspecified atom stereocenters. The number of ether oxygens (including phenoxy) is 2. The monoisotopic (exact) mass is 587 g/mol. The van der Waals surface area contributed by atoms with Gasteiger partial charge >= 0.3 is 0 Å². The maximum Gasteiger partial charge on any atom is 0.256 e. The fraction of sp³-hybridized carbons (Fsp3) is 0.296. The van der Waals surface area contributed by atoms with Gasteiger partial charge < -0.3 is 19.3 Å². The molecule has 0 radical (unpaired) electrons. The van der Waals surface area contributed by atoms with Gasteiger partial charge in [-0.05, 0) is 61.4 Å². The Labute approximate surface area is 227 Å². The number of halogens is 3. The number of nitrogens with zero attached hydrogens (tertiary/aromatic N) is 3. The summed E-state index contributed by atoms with van der Waals surface area (Å²) in [6.45, 7) is 3.52. The fourth-order valence-electron chi connectivity index (χ4n) is 4.67. The topological polar surface area (TPSA) is 72.0 Å². The number of likely N-dealkylation sites (tertiary alicyclic amines) is 1. The minimum atomic E-state index is -0.673. The highest BCUT2D eigenvalue weighted by Crippen LogP contribution is 2.32. The molecule has 2 aromatic carbocycles. The third kappa shape index (κ3) is 5.35. The lowest BCUT2D eigenvalue weighted by Gasteiger charge is -2.40. The fourth-order valence-corrected chi connectivity index (χ4v) is 5.09. The van der Waals surface area contributed by atoms with E-state index in [1.807, 2.05) is 0 Å². The SMILES string of the molecule is Cc1c(Br)ccc(C(=O)N2CCC3(CN(C(=O)c4ccc(Oc5ccc(Cl)cn5)cc4)CCO3)C2)c1F. The number of pyridine rings is 1. The van der Waals surface area contributed by atoms with Crippen molar-refractivity contribution < 1.29 is 23.5 Å². The molecule has 1 aromatic heterocycles. The summed E-state index contributed by atoms with van der Waals surface area (Å²) in [6, 6.07) is 13.4. The first kappa shape index (κ1) is 25.6. The van der Waals surface area contributed by atoms with E-state index < -0.39 is 11.4 Å². The Balaban J connectivity index is 1.24. The van der Waals surface area contributed by atoms with Crippen LogP contribution in [0.3, 0.4) is 0 Å². The Morgan fingerprint density at radius 1 is 1.05 bits per heavy atom. The largest absolute Gasteiger partial charge is 0.439 e. The molecule has 7 nitrogen and oxygen atoms in total. The van der Waals surface area contributed by atoms with Gasteiger partial charge in [-0.15, -0.1) is 0 Å². The molecule has 1 atom stereocenters. The molecule has 1 spiro atoms. The van der Waals surface area contributed by atoms with E-state index in [2.05, 4.69) is 20.9 Å². The van der Waals surface area contributed by atoms with Gasteiger partial charge in [0.1, 0.15) is 17.2 Å². The lowest BCUT2D eigenvalue weighted by atomic mass is 10.00. The lowest BCUT2D eigenvalue weighted by molar-refractivity contribution is -0.0904. The zero-order valence-corrected chi connectivity index (χ0v) is 22.4. The molecule has 2 amide bonds. The second kappa shape index (κ2) is 10.4. The van der Waals surface area contributed by atoms with Gasteiger partial charge in [-0.25, -0.2) is 9.37 Å². The number of benzene rings is 2. The maximum absolute atomic E-state index is 14.7. The number of hydrogen-bond donors (Lipinski definition) is 0. The van der Waals surface area contributed by atoms with Crippen LogP contribution in [0.4, 0.5) is 4.39 Å². The van der Waals surface area contributed by atoms with Crippen molar-refractivity contribution in [3.05, 3.63) is 86.7 Å². The highest BCUT2D eigenvalue weighted by molar-refractivity contribution is 9.10. The number of aromatic nitrogens is 1. The summed E-state index contributed by atoms with van der Waals surface area (Å²) in [6.07, 6.45) is 2.07. The first-order valence-corrected chi connectivity index (χ1v) is 13.0. The van der Waals surface area contributed by atoms with Crippen molar-refractivity contribution >= 4 is 39.3 Å². The molecule has 10 heteroatoms. The number of amides is 2. The zero-order valence-electron chi connectivity index (χ0n) is 20.0. The standard InChI is InChI=1S/C27H24BrClFN3O4/c1-17-22(28)8-7-21(24(17)30)26(35)32-11-10-27(15-32)16-33(12-13-36-27)25(34)18-2-5-20(6-3-18)37-23-9-4-19(29)14-31-23/h2-9,14H,10-13,15-16H2,1H3. The predicted molar refractivity (Wildman–Crippen MR) is 140 cm³/mol. The van der Waals surface area contributed by atoms with E-state index in [0.717, 1.165) is 0 Å². The van der Waals surface area contributed by atoms with E-state index in [1.54, 1.807) is 59.2 Å². The van der Waals surface area contributed by atoms with Crippen LogP contribution in [-0.4, -0.2) is 65.0 Å². The van der Waals surface area contributed by atoms with E-state index in [-0.39, 0.29) is 17.4 Å². The predicted octanol–water partition coefficient (Wildman–Crippen LogP) is 5.49. The lowest BCUT2D eigenvalue weighted by Crippen LogP contribution is -2.55. The molecule has 2 saturated heterocycles. The van der Waals surface area contributed by atoms with Gasteiger partial charge in [0.15, 0.2) is 0 Å². The molecule has 2 aliphatic heterocycles. The van der Waals surface area contributed by atoms with Crippen LogP contribution >= 0.6 is 27.5 Å². The third-order valence-electron chi connectivity index (χ3n) is 6.71. The average Bonchev–Trinajstić information content (AvgIpc) is 3.31. The second-order valence-electron chi connectivity index (χ2n) is 9.21. The van der Waals surface area contributed by atoms with Gasteiger partial charge in [0, 0.05) is 35.4 Å². The van der Waals surface area contributed by atoms with E-state index >= 15 is 0 Å². The minimum absolute atomic E-state index is 0.0394. The highest BCUT2D eigenvalue weighted by Gasteiger charge is 2.45. The van der Waals surface area contributed by atoms with Crippen molar-refractivity contribution in [2.75, 3.05) is 32.8 Å². The third-order valence-corrected chi connectivity index (χ3v) is 7.80. The Kier molecular flexibility index (Phi) is 7.20. The molecule has 0 aliphatic carbocycles. The van der Waals surface area contributed by atoms with Crippen LogP contribution in [0.2, 0.25) is 5.02 Å². The summed E-state index contributed by atoms with van der Waals surface area (Å²) in [5.41, 5.74) is 0.281. The van der Waals surface area contributed by atoms with Crippen LogP contribution in [-0.2, 0) is 4.74 Å². The van der Waals surface area contributed by atoms with Gasteiger partial charge in [0.05, 0.1) is 30.3 Å². The van der Waals surface area contributed by atoms with E-state index in [4.69, 9.17) is 21.1 Å². The maximum atomic E-state index is 14.7. The molecule has 3 aromatic rings. The number of morpholine rings is 1. The highest BCUT2D eigenvalue weighted by atomic mass is 79.9. The summed E-state index contributed by atoms with van der Waals surface area (Å²) < 4.78 is 27.2. The number of hydrogen-bond acceptors (Lipinski definition) is 5. The summed E-state index contributed by atoms with van der Waals surface area (Å²) in [7, 11) is 0. The summed E-state index contributed by atoms with van der Waals surface area (Å²) in [4.78, 5) is 33.8. The molecule has 2 fully saturated rings. The van der Waals surface area contributed by atoms with Gasteiger partial charge in [-0.3, -0.25) is 9.59 Å². The minimum Gasteiger partial charge on any atom is -0.439 e. The van der Waals surface area contributed by atoms with Crippen molar-refractivity contribution in [1.29, 1.82) is 0 Å². The van der Waals surface area contributed by atoms with Crippen molar-refractivity contribution in [1.82, 2.24) is 14.8 Å². The molecule has 37 heavy (non-hydrogen) atoms. The summed E-state index contributed by atoms with van der Waals surface area (Å²) in [5.74, 6) is -0.0794. The van der Waals surface area contributed by atoms with Crippen LogP contribution in [0.15, 0.2) is 59.2 Å². The first-order valence-electron chi connectivity index (χ1n) is 11.8. The first-order chi connectivity index (χ1) is 17.7. The molecular formula is C27H24BrClFN3O4. The zero-order chi connectivity index (χ0) is 26.2. The Morgan fingerprint density at radius 3 is 2.49 bits per heavy atom. The Bertz CT molecular complexity index is 1340. The average molecular weight is 589 g/mol. The summed E-state index contributed by atoms with van der Waals surface area (Å²) in [5, 5.41) is 0.516. The number of carbonyl (C=O) groups is 2. The van der Waals surface area contributed by atoms with Gasteiger partial charge in [0.25, 0.3) is 11.8 Å². The molecule has 0 N–H and O–H groups in total. The van der Waals surface area contributed by atoms with Gasteiger partial charge in [0.2, 0.25) is 5.88 Å². The molecule has 3 heterocycles. The summed E-state index contributed by atoms with van der Waals surface area (Å²) >= 11 is 9.15. The van der Waals surface area contributed by atoms with E-state index in [9.17, 15) is 14.0 Å². The Hall–Kier alpha value is -3.01. The van der Waals surface area contributed by atoms with Crippen LogP contribution in [0.5, 0.6) is 11.6 Å². The number of rotatable bonds is 4. The van der Waals surface area contributed by atoms with Gasteiger partial charge in [-0.1, -0.05) is 27.5 Å². The van der Waals surface area contributed by atoms with Crippen LogP contribution in [0.1, 0.15) is 32.7 Å². The van der Waals surface area contributed by atoms with Crippen LogP contribution < -0.4 is 4.74 Å². The van der Waals surface area contributed by atoms with Crippen LogP contribution in [0.25, 0.3) is 0 Å². The van der Waals surface area contributed by atoms with Crippen LogP contribution in [0, 0.1) is 12.7 Å². The molecular weight excluding hydrogens is 565 g/mol. The smallest absolute Gasteiger partial charge is 0.256 e. The van der Waals surface area contributed by atoms with Gasteiger partial charge in [-0.2, -0.15) is 0 Å². The molecule has 2 aliphatic rings. The normalized spacial score (nSPS) is 19.4. The van der Waals surface area contributed by atoms with E-state index in [1.165, 1.54) is 12.3 Å². The molecule has 5 rings (SSSR count). The quantitative estimate of drug-likeness (QED) is 0.403. The van der Waals surface area contributed by atoms with Crippen molar-refractivity contribution in [3.63, 3.8) is 0 Å². The van der Waals surface area contributed by atoms with Crippen molar-refractivity contribution in [2.24, 2.45) is 0 Å². The van der Waals surface area contributed by atoms with Crippen molar-refractivity contribution in [3.8, 4) is 11.6 Å². The molecule has 192 valence electrons. The van der Waals surface area contributed by atoms with E-state index in [0.29, 0.717) is 71.5 Å². The number of carbonyl (C=O) groups excluding carboxylic acids is 2. The second-order valence-corrected chi connectivity index (χ2v) is 10.5.